The van der Waals surface area contributed by atoms with Crippen LogP contribution in [0.1, 0.15) is 34.7 Å². The van der Waals surface area contributed by atoms with Gasteiger partial charge in [0.2, 0.25) is 5.91 Å². The Labute approximate surface area is 203 Å². The molecule has 4 aromatic rings. The summed E-state index contributed by atoms with van der Waals surface area (Å²) in [6.07, 6.45) is 2.71. The van der Waals surface area contributed by atoms with Crippen LogP contribution in [0.25, 0.3) is 16.6 Å². The van der Waals surface area contributed by atoms with Crippen LogP contribution in [0, 0.1) is 26.7 Å². The third-order valence-electron chi connectivity index (χ3n) is 6.61. The Bertz CT molecular complexity index is 1300. The summed E-state index contributed by atoms with van der Waals surface area (Å²) < 4.78 is 1.97. The van der Waals surface area contributed by atoms with Crippen LogP contribution >= 0.6 is 11.3 Å². The number of thiophene rings is 1. The van der Waals surface area contributed by atoms with Crippen molar-refractivity contribution in [2.45, 2.75) is 40.0 Å². The van der Waals surface area contributed by atoms with Crippen molar-refractivity contribution in [3.8, 4) is 5.69 Å². The molecule has 0 bridgehead atoms. The first-order valence-electron chi connectivity index (χ1n) is 11.9. The van der Waals surface area contributed by atoms with E-state index in [0.717, 1.165) is 59.6 Å². The zero-order valence-electron chi connectivity index (χ0n) is 19.9. The van der Waals surface area contributed by atoms with Crippen molar-refractivity contribution in [3.05, 3.63) is 63.6 Å². The fourth-order valence-electron chi connectivity index (χ4n) is 4.75. The van der Waals surface area contributed by atoms with Crippen LogP contribution in [0.3, 0.4) is 0 Å². The lowest BCUT2D eigenvalue weighted by atomic mass is 9.97. The largest absolute Gasteiger partial charge is 0.355 e. The summed E-state index contributed by atoms with van der Waals surface area (Å²) in [4.78, 5) is 16.4. The number of anilines is 1. The number of amides is 1. The van der Waals surface area contributed by atoms with Crippen LogP contribution in [-0.4, -0.2) is 45.5 Å². The van der Waals surface area contributed by atoms with Gasteiger partial charge in [0.15, 0.2) is 5.82 Å². The van der Waals surface area contributed by atoms with Gasteiger partial charge in [0, 0.05) is 24.5 Å². The monoisotopic (exact) mass is 474 g/mol. The van der Waals surface area contributed by atoms with E-state index in [-0.39, 0.29) is 11.8 Å². The molecule has 0 aliphatic carbocycles. The lowest BCUT2D eigenvalue weighted by Crippen LogP contribution is -2.44. The smallest absolute Gasteiger partial charge is 0.224 e. The topological polar surface area (TPSA) is 75.9 Å². The van der Waals surface area contributed by atoms with Crippen LogP contribution in [-0.2, 0) is 11.2 Å². The van der Waals surface area contributed by atoms with E-state index in [1.165, 1.54) is 10.4 Å². The van der Waals surface area contributed by atoms with E-state index in [1.807, 2.05) is 17.7 Å². The number of aromatic nitrogens is 4. The predicted molar refractivity (Wildman–Crippen MR) is 137 cm³/mol. The minimum Gasteiger partial charge on any atom is -0.355 e. The maximum Gasteiger partial charge on any atom is 0.224 e. The molecule has 1 aromatic carbocycles. The molecule has 0 saturated carbocycles. The molecule has 5 rings (SSSR count). The van der Waals surface area contributed by atoms with Gasteiger partial charge in [0.05, 0.1) is 28.4 Å². The van der Waals surface area contributed by atoms with Crippen molar-refractivity contribution in [1.82, 2.24) is 25.3 Å². The van der Waals surface area contributed by atoms with Gasteiger partial charge < -0.3 is 10.2 Å². The van der Waals surface area contributed by atoms with Crippen molar-refractivity contribution in [3.63, 3.8) is 0 Å². The Hall–Kier alpha value is -3.26. The Morgan fingerprint density at radius 2 is 1.97 bits per heavy atom. The molecular formula is C26H30N6OS. The van der Waals surface area contributed by atoms with Crippen molar-refractivity contribution < 1.29 is 4.79 Å². The molecule has 1 saturated heterocycles. The molecule has 1 aliphatic rings. The van der Waals surface area contributed by atoms with Gasteiger partial charge in [-0.15, -0.1) is 16.4 Å². The Morgan fingerprint density at radius 3 is 2.74 bits per heavy atom. The molecule has 0 spiro atoms. The summed E-state index contributed by atoms with van der Waals surface area (Å²) >= 11 is 1.73. The van der Waals surface area contributed by atoms with Crippen molar-refractivity contribution in [1.29, 1.82) is 0 Å². The molecule has 8 heteroatoms. The summed E-state index contributed by atoms with van der Waals surface area (Å²) in [6, 6.07) is 12.5. The third kappa shape index (κ3) is 4.42. The molecule has 1 aliphatic heterocycles. The molecule has 176 valence electrons. The third-order valence-corrected chi connectivity index (χ3v) is 7.54. The number of rotatable bonds is 6. The highest BCUT2D eigenvalue weighted by Crippen LogP contribution is 2.31. The molecule has 34 heavy (non-hydrogen) atoms. The number of benzene rings is 1. The SMILES string of the molecule is Cc1ccc(-n2nc3c(N4CCC[C@@H](C(=O)NCCc5cccs5)C4)nnc(C)c3c2C)cc1. The zero-order valence-corrected chi connectivity index (χ0v) is 20.7. The molecule has 7 nitrogen and oxygen atoms in total. The fraction of sp³-hybridized carbons (Fsp3) is 0.385. The fourth-order valence-corrected chi connectivity index (χ4v) is 5.46. The first-order chi connectivity index (χ1) is 16.5. The highest BCUT2D eigenvalue weighted by molar-refractivity contribution is 7.09. The number of aryl methyl sites for hydroxylation is 3. The number of carbonyl (C=O) groups excluding carboxylic acids is 1. The van der Waals surface area contributed by atoms with E-state index in [4.69, 9.17) is 5.10 Å². The molecule has 3 aromatic heterocycles. The lowest BCUT2D eigenvalue weighted by Gasteiger charge is -2.32. The van der Waals surface area contributed by atoms with Gasteiger partial charge >= 0.3 is 0 Å². The maximum atomic E-state index is 12.9. The number of hydrogen-bond acceptors (Lipinski definition) is 6. The summed E-state index contributed by atoms with van der Waals surface area (Å²) in [6.45, 7) is 8.29. The number of fused-ring (bicyclic) bond motifs is 1. The molecule has 0 unspecified atom stereocenters. The Kier molecular flexibility index (Phi) is 6.32. The molecule has 4 heterocycles. The quantitative estimate of drug-likeness (QED) is 0.449. The van der Waals surface area contributed by atoms with Crippen LogP contribution in [0.15, 0.2) is 41.8 Å². The van der Waals surface area contributed by atoms with Crippen molar-refractivity contribution in [2.75, 3.05) is 24.5 Å². The van der Waals surface area contributed by atoms with E-state index in [0.29, 0.717) is 13.1 Å². The highest BCUT2D eigenvalue weighted by Gasteiger charge is 2.29. The summed E-state index contributed by atoms with van der Waals surface area (Å²) in [5, 5.41) is 20.2. The van der Waals surface area contributed by atoms with E-state index in [1.54, 1.807) is 11.3 Å². The number of nitrogens with zero attached hydrogens (tertiary/aromatic N) is 5. The van der Waals surface area contributed by atoms with E-state index < -0.39 is 0 Å². The van der Waals surface area contributed by atoms with Gasteiger partial charge in [-0.1, -0.05) is 23.8 Å². The van der Waals surface area contributed by atoms with Gasteiger partial charge in [-0.3, -0.25) is 4.79 Å². The number of hydrogen-bond donors (Lipinski definition) is 1. The maximum absolute atomic E-state index is 12.9. The van der Waals surface area contributed by atoms with Crippen LogP contribution in [0.5, 0.6) is 0 Å². The van der Waals surface area contributed by atoms with Gasteiger partial charge in [0.25, 0.3) is 0 Å². The van der Waals surface area contributed by atoms with Gasteiger partial charge in [-0.2, -0.15) is 10.2 Å². The number of nitrogens with one attached hydrogen (secondary N) is 1. The zero-order chi connectivity index (χ0) is 23.7. The summed E-state index contributed by atoms with van der Waals surface area (Å²) in [7, 11) is 0. The minimum absolute atomic E-state index is 0.0597. The molecule has 1 fully saturated rings. The van der Waals surface area contributed by atoms with Crippen LogP contribution in [0.4, 0.5) is 5.82 Å². The minimum atomic E-state index is -0.0597. The highest BCUT2D eigenvalue weighted by atomic mass is 32.1. The van der Waals surface area contributed by atoms with Gasteiger partial charge in [-0.25, -0.2) is 4.68 Å². The van der Waals surface area contributed by atoms with Gasteiger partial charge in [0.1, 0.15) is 5.52 Å². The number of piperidine rings is 1. The Morgan fingerprint density at radius 1 is 1.15 bits per heavy atom. The second-order valence-corrected chi connectivity index (χ2v) is 10.1. The molecule has 0 radical (unpaired) electrons. The first-order valence-corrected chi connectivity index (χ1v) is 12.7. The number of carbonyl (C=O) groups is 1. The van der Waals surface area contributed by atoms with Crippen LogP contribution in [0.2, 0.25) is 0 Å². The second-order valence-electron chi connectivity index (χ2n) is 9.07. The molecule has 1 amide bonds. The van der Waals surface area contributed by atoms with E-state index >= 15 is 0 Å². The molecule has 1 atom stereocenters. The normalized spacial score (nSPS) is 16.2. The van der Waals surface area contributed by atoms with Crippen molar-refractivity contribution in [2.24, 2.45) is 5.92 Å². The standard InChI is InChI=1S/C26H30N6OS/c1-17-8-10-21(11-9-17)32-19(3)23-18(2)28-29-25(24(23)30-32)31-14-4-6-20(16-31)26(33)27-13-12-22-7-5-15-34-22/h5,7-11,15,20H,4,6,12-14,16H2,1-3H3,(H,27,33)/t20-/m1/s1. The van der Waals surface area contributed by atoms with Crippen LogP contribution < -0.4 is 10.2 Å². The summed E-state index contributed by atoms with van der Waals surface area (Å²) in [5.41, 5.74) is 5.00. The summed E-state index contributed by atoms with van der Waals surface area (Å²) in [5.74, 6) is 0.833. The lowest BCUT2D eigenvalue weighted by molar-refractivity contribution is -0.125. The van der Waals surface area contributed by atoms with Gasteiger partial charge in [-0.05, 0) is 63.6 Å². The van der Waals surface area contributed by atoms with E-state index in [9.17, 15) is 4.79 Å². The second kappa shape index (κ2) is 9.54. The molecular weight excluding hydrogens is 444 g/mol. The average molecular weight is 475 g/mol. The van der Waals surface area contributed by atoms with Crippen molar-refractivity contribution >= 4 is 34.0 Å². The first kappa shape index (κ1) is 22.5. The molecule has 1 N–H and O–H groups in total. The average Bonchev–Trinajstić information content (AvgIpc) is 3.48. The Balaban J connectivity index is 1.37. The van der Waals surface area contributed by atoms with E-state index in [2.05, 4.69) is 70.0 Å². The predicted octanol–water partition coefficient (Wildman–Crippen LogP) is 4.38.